The molecule has 1 heterocycles. The molecule has 5 nitrogen and oxygen atoms in total. The third-order valence-electron chi connectivity index (χ3n) is 2.23. The maximum Gasteiger partial charge on any atom is 0.309 e. The van der Waals surface area contributed by atoms with E-state index >= 15 is 0 Å². The van der Waals surface area contributed by atoms with Gasteiger partial charge in [-0.15, -0.1) is 0 Å². The molecule has 0 saturated carbocycles. The number of hydrogen-bond donors (Lipinski definition) is 1. The number of aliphatic carboxylic acids is 1. The van der Waals surface area contributed by atoms with Gasteiger partial charge < -0.3 is 9.84 Å². The van der Waals surface area contributed by atoms with Crippen molar-refractivity contribution >= 4 is 15.8 Å². The van der Waals surface area contributed by atoms with Gasteiger partial charge in [0.05, 0.1) is 23.5 Å². The Morgan fingerprint density at radius 3 is 2.62 bits per heavy atom. The number of carbonyl (C=O) groups is 1. The van der Waals surface area contributed by atoms with Gasteiger partial charge in [0, 0.05) is 7.11 Å². The van der Waals surface area contributed by atoms with Gasteiger partial charge in [0.25, 0.3) is 0 Å². The Bertz CT molecular complexity index is 294. The van der Waals surface area contributed by atoms with E-state index in [1.165, 1.54) is 7.11 Å². The molecule has 0 aromatic rings. The molecule has 0 spiro atoms. The molecule has 1 N–H and O–H groups in total. The summed E-state index contributed by atoms with van der Waals surface area (Å²) in [4.78, 5) is 10.7. The topological polar surface area (TPSA) is 80.7 Å². The fourth-order valence-corrected chi connectivity index (χ4v) is 3.11. The minimum absolute atomic E-state index is 0.0518. The van der Waals surface area contributed by atoms with Gasteiger partial charge in [-0.1, -0.05) is 0 Å². The normalized spacial score (nSPS) is 32.7. The van der Waals surface area contributed by atoms with Crippen LogP contribution in [-0.2, 0) is 19.4 Å². The Kier molecular flexibility index (Phi) is 2.92. The summed E-state index contributed by atoms with van der Waals surface area (Å²) in [5.74, 6) is -1.90. The van der Waals surface area contributed by atoms with Crippen LogP contribution in [0, 0.1) is 5.92 Å². The zero-order valence-corrected chi connectivity index (χ0v) is 8.08. The van der Waals surface area contributed by atoms with Crippen LogP contribution in [0.25, 0.3) is 0 Å². The first kappa shape index (κ1) is 10.5. The molecule has 0 aliphatic carbocycles. The van der Waals surface area contributed by atoms with Gasteiger partial charge in [-0.2, -0.15) is 0 Å². The van der Waals surface area contributed by atoms with Crippen LogP contribution >= 0.6 is 0 Å². The Morgan fingerprint density at radius 2 is 2.15 bits per heavy atom. The zero-order chi connectivity index (χ0) is 10.1. The molecule has 0 aromatic carbocycles. The molecule has 13 heavy (non-hydrogen) atoms. The van der Waals surface area contributed by atoms with Crippen LogP contribution in [0.1, 0.15) is 6.42 Å². The monoisotopic (exact) mass is 208 g/mol. The molecule has 2 unspecified atom stereocenters. The summed E-state index contributed by atoms with van der Waals surface area (Å²) >= 11 is 0. The molecule has 0 amide bonds. The first-order chi connectivity index (χ1) is 5.96. The molecule has 2 atom stereocenters. The van der Waals surface area contributed by atoms with Crippen LogP contribution in [-0.4, -0.2) is 44.2 Å². The predicted molar refractivity (Wildman–Crippen MR) is 45.2 cm³/mol. The quantitative estimate of drug-likeness (QED) is 0.663. The van der Waals surface area contributed by atoms with Gasteiger partial charge in [0.15, 0.2) is 9.84 Å². The molecule has 76 valence electrons. The lowest BCUT2D eigenvalue weighted by Gasteiger charge is -2.26. The van der Waals surface area contributed by atoms with Gasteiger partial charge in [-0.3, -0.25) is 4.79 Å². The number of methoxy groups -OCH3 is 1. The highest BCUT2D eigenvalue weighted by molar-refractivity contribution is 7.91. The van der Waals surface area contributed by atoms with E-state index in [-0.39, 0.29) is 17.9 Å². The minimum atomic E-state index is -3.10. The van der Waals surface area contributed by atoms with E-state index in [9.17, 15) is 13.2 Å². The second kappa shape index (κ2) is 3.63. The first-order valence-corrected chi connectivity index (χ1v) is 5.74. The minimum Gasteiger partial charge on any atom is -0.481 e. The highest BCUT2D eigenvalue weighted by atomic mass is 32.2. The van der Waals surface area contributed by atoms with E-state index in [1.807, 2.05) is 0 Å². The fraction of sp³-hybridized carbons (Fsp3) is 0.857. The lowest BCUT2D eigenvalue weighted by atomic mass is 10.0. The largest absolute Gasteiger partial charge is 0.481 e. The third-order valence-corrected chi connectivity index (χ3v) is 3.92. The highest BCUT2D eigenvalue weighted by Crippen LogP contribution is 2.21. The molecule has 1 rings (SSSR count). The van der Waals surface area contributed by atoms with Crippen molar-refractivity contribution in [1.82, 2.24) is 0 Å². The van der Waals surface area contributed by atoms with Crippen LogP contribution in [0.15, 0.2) is 0 Å². The summed E-state index contributed by atoms with van der Waals surface area (Å²) in [6.45, 7) is 0. The van der Waals surface area contributed by atoms with Gasteiger partial charge in [-0.05, 0) is 6.42 Å². The van der Waals surface area contributed by atoms with E-state index in [0.29, 0.717) is 0 Å². The second-order valence-corrected chi connectivity index (χ2v) is 5.35. The number of carboxylic acid groups (broad SMARTS) is 1. The Balaban J connectivity index is 2.77. The maximum absolute atomic E-state index is 11.1. The van der Waals surface area contributed by atoms with Crippen LogP contribution in [0.4, 0.5) is 0 Å². The molecule has 1 fully saturated rings. The summed E-state index contributed by atoms with van der Waals surface area (Å²) in [7, 11) is -1.76. The second-order valence-electron chi connectivity index (χ2n) is 3.12. The van der Waals surface area contributed by atoms with Crippen molar-refractivity contribution in [3.63, 3.8) is 0 Å². The van der Waals surface area contributed by atoms with Crippen LogP contribution in [0.5, 0.6) is 0 Å². The lowest BCUT2D eigenvalue weighted by molar-refractivity contribution is -0.146. The summed E-state index contributed by atoms with van der Waals surface area (Å²) in [6.07, 6.45) is -0.549. The molecule has 0 radical (unpaired) electrons. The van der Waals surface area contributed by atoms with Crippen molar-refractivity contribution in [2.75, 3.05) is 18.6 Å². The Labute approximate surface area is 76.6 Å². The zero-order valence-electron chi connectivity index (χ0n) is 7.26. The van der Waals surface area contributed by atoms with Crippen molar-refractivity contribution in [3.05, 3.63) is 0 Å². The van der Waals surface area contributed by atoms with Gasteiger partial charge in [0.2, 0.25) is 0 Å². The van der Waals surface area contributed by atoms with E-state index in [2.05, 4.69) is 0 Å². The molecular formula is C7H12O5S. The average Bonchev–Trinajstić information content (AvgIpc) is 2.01. The fourth-order valence-electron chi connectivity index (χ4n) is 1.46. The van der Waals surface area contributed by atoms with Crippen LogP contribution < -0.4 is 0 Å². The summed E-state index contributed by atoms with van der Waals surface area (Å²) < 4.78 is 27.1. The van der Waals surface area contributed by atoms with Crippen LogP contribution in [0.2, 0.25) is 0 Å². The maximum atomic E-state index is 11.1. The van der Waals surface area contributed by atoms with Crippen molar-refractivity contribution < 1.29 is 23.1 Å². The number of ether oxygens (including phenoxy) is 1. The average molecular weight is 208 g/mol. The van der Waals surface area contributed by atoms with E-state index < -0.39 is 27.8 Å². The van der Waals surface area contributed by atoms with Crippen molar-refractivity contribution in [2.24, 2.45) is 5.92 Å². The van der Waals surface area contributed by atoms with Gasteiger partial charge in [-0.25, -0.2) is 8.42 Å². The lowest BCUT2D eigenvalue weighted by Crippen LogP contribution is -2.42. The Hall–Kier alpha value is -0.620. The SMILES string of the molecule is COC1CS(=O)(=O)CCC1C(=O)O. The highest BCUT2D eigenvalue weighted by Gasteiger charge is 2.37. The number of hydrogen-bond acceptors (Lipinski definition) is 4. The van der Waals surface area contributed by atoms with Crippen molar-refractivity contribution in [3.8, 4) is 0 Å². The molecule has 0 bridgehead atoms. The van der Waals surface area contributed by atoms with Crippen molar-refractivity contribution in [1.29, 1.82) is 0 Å². The summed E-state index contributed by atoms with van der Waals surface area (Å²) in [5.41, 5.74) is 0. The van der Waals surface area contributed by atoms with E-state index in [0.717, 1.165) is 0 Å². The smallest absolute Gasteiger partial charge is 0.309 e. The van der Waals surface area contributed by atoms with E-state index in [1.54, 1.807) is 0 Å². The van der Waals surface area contributed by atoms with E-state index in [4.69, 9.17) is 9.84 Å². The van der Waals surface area contributed by atoms with Crippen molar-refractivity contribution in [2.45, 2.75) is 12.5 Å². The summed E-state index contributed by atoms with van der Waals surface area (Å²) in [6, 6.07) is 0. The summed E-state index contributed by atoms with van der Waals surface area (Å²) in [5, 5.41) is 8.74. The molecule has 6 heteroatoms. The predicted octanol–water partition coefficient (Wildman–Crippen LogP) is -0.479. The van der Waals surface area contributed by atoms with Gasteiger partial charge in [0.1, 0.15) is 0 Å². The van der Waals surface area contributed by atoms with Crippen LogP contribution in [0.3, 0.4) is 0 Å². The molecule has 0 aromatic heterocycles. The number of rotatable bonds is 2. The van der Waals surface area contributed by atoms with Gasteiger partial charge >= 0.3 is 5.97 Å². The number of carboxylic acids is 1. The molecule has 1 aliphatic heterocycles. The Morgan fingerprint density at radius 1 is 1.54 bits per heavy atom. The standard InChI is InChI=1S/C7H12O5S/c1-12-6-4-13(10,11)3-2-5(6)7(8)9/h5-6H,2-4H2,1H3,(H,8,9). The molecule has 1 aliphatic rings. The molecule has 1 saturated heterocycles. The first-order valence-electron chi connectivity index (χ1n) is 3.92. The molecular weight excluding hydrogens is 196 g/mol. The third kappa shape index (κ3) is 2.41. The number of sulfone groups is 1.